The first kappa shape index (κ1) is 15.1. The Morgan fingerprint density at radius 1 is 1.50 bits per heavy atom. The molecule has 1 aromatic rings. The smallest absolute Gasteiger partial charge is 0.267 e. The number of ether oxygens (including phenoxy) is 1. The van der Waals surface area contributed by atoms with E-state index in [1.807, 2.05) is 23.9 Å². The molecule has 1 fully saturated rings. The zero-order valence-electron chi connectivity index (χ0n) is 12.3. The predicted octanol–water partition coefficient (Wildman–Crippen LogP) is 1.29. The second-order valence-electron chi connectivity index (χ2n) is 5.30. The van der Waals surface area contributed by atoms with Crippen molar-refractivity contribution in [1.29, 1.82) is 0 Å². The number of nitrogens with zero attached hydrogens (tertiary/aromatic N) is 3. The zero-order chi connectivity index (χ0) is 14.7. The largest absolute Gasteiger partial charge is 0.384 e. The highest BCUT2D eigenvalue weighted by atomic mass is 32.1. The van der Waals surface area contributed by atoms with Crippen LogP contribution in [0.25, 0.3) is 0 Å². The third-order valence-electron chi connectivity index (χ3n) is 3.52. The number of carbonyl (C=O) groups is 1. The van der Waals surface area contributed by atoms with E-state index < -0.39 is 0 Å². The van der Waals surface area contributed by atoms with Crippen molar-refractivity contribution in [2.45, 2.75) is 12.8 Å². The number of methoxy groups -OCH3 is 1. The van der Waals surface area contributed by atoms with E-state index in [2.05, 4.69) is 4.98 Å². The molecule has 1 aliphatic rings. The van der Waals surface area contributed by atoms with Crippen LogP contribution in [0, 0.1) is 5.92 Å². The lowest BCUT2D eigenvalue weighted by atomic mass is 9.98. The second-order valence-corrected chi connectivity index (χ2v) is 6.27. The van der Waals surface area contributed by atoms with Crippen LogP contribution in [0.15, 0.2) is 0 Å². The van der Waals surface area contributed by atoms with Crippen molar-refractivity contribution < 1.29 is 9.53 Å². The SMILES string of the molecule is COCC1CCN(C(=O)c2sc(N(C)C)nc2N)CC1. The van der Waals surface area contributed by atoms with E-state index in [4.69, 9.17) is 10.5 Å². The van der Waals surface area contributed by atoms with Gasteiger partial charge in [-0.05, 0) is 18.8 Å². The number of aromatic nitrogens is 1. The monoisotopic (exact) mass is 298 g/mol. The van der Waals surface area contributed by atoms with Gasteiger partial charge in [-0.3, -0.25) is 4.79 Å². The fraction of sp³-hybridized carbons (Fsp3) is 0.692. The summed E-state index contributed by atoms with van der Waals surface area (Å²) < 4.78 is 5.17. The molecular formula is C13H22N4O2S. The minimum Gasteiger partial charge on any atom is -0.384 e. The fourth-order valence-electron chi connectivity index (χ4n) is 2.35. The van der Waals surface area contributed by atoms with Crippen LogP contribution < -0.4 is 10.6 Å². The summed E-state index contributed by atoms with van der Waals surface area (Å²) in [7, 11) is 5.50. The van der Waals surface area contributed by atoms with E-state index in [0.29, 0.717) is 16.6 Å². The van der Waals surface area contributed by atoms with Crippen LogP contribution in [-0.4, -0.2) is 56.7 Å². The van der Waals surface area contributed by atoms with Crippen LogP contribution in [-0.2, 0) is 4.74 Å². The molecule has 0 saturated carbocycles. The number of rotatable bonds is 4. The van der Waals surface area contributed by atoms with Gasteiger partial charge >= 0.3 is 0 Å². The summed E-state index contributed by atoms with van der Waals surface area (Å²) in [6.07, 6.45) is 1.97. The highest BCUT2D eigenvalue weighted by molar-refractivity contribution is 7.18. The van der Waals surface area contributed by atoms with Crippen LogP contribution >= 0.6 is 11.3 Å². The molecule has 0 spiro atoms. The van der Waals surface area contributed by atoms with Crippen LogP contribution in [0.3, 0.4) is 0 Å². The lowest BCUT2D eigenvalue weighted by Crippen LogP contribution is -2.39. The molecule has 0 radical (unpaired) electrons. The van der Waals surface area contributed by atoms with Gasteiger partial charge in [0.15, 0.2) is 5.13 Å². The quantitative estimate of drug-likeness (QED) is 0.907. The molecule has 7 heteroatoms. The molecule has 0 bridgehead atoms. The Balaban J connectivity index is 2.02. The average molecular weight is 298 g/mol. The molecule has 1 amide bonds. The summed E-state index contributed by atoms with van der Waals surface area (Å²) in [4.78, 5) is 21.0. The van der Waals surface area contributed by atoms with Gasteiger partial charge in [0.1, 0.15) is 10.7 Å². The molecular weight excluding hydrogens is 276 g/mol. The molecule has 20 heavy (non-hydrogen) atoms. The number of piperidine rings is 1. The summed E-state index contributed by atoms with van der Waals surface area (Å²) in [6, 6.07) is 0. The molecule has 1 aliphatic heterocycles. The number of nitrogen functional groups attached to an aromatic ring is 1. The maximum Gasteiger partial charge on any atom is 0.267 e. The maximum absolute atomic E-state index is 12.5. The Morgan fingerprint density at radius 2 is 2.15 bits per heavy atom. The molecule has 2 rings (SSSR count). The molecule has 6 nitrogen and oxygen atoms in total. The number of nitrogens with two attached hydrogens (primary N) is 1. The van der Waals surface area contributed by atoms with Gasteiger partial charge in [-0.1, -0.05) is 11.3 Å². The van der Waals surface area contributed by atoms with E-state index in [9.17, 15) is 4.79 Å². The van der Waals surface area contributed by atoms with Crippen molar-refractivity contribution in [3.8, 4) is 0 Å². The highest BCUT2D eigenvalue weighted by Crippen LogP contribution is 2.29. The summed E-state index contributed by atoms with van der Waals surface area (Å²) in [5.41, 5.74) is 5.87. The van der Waals surface area contributed by atoms with Crippen molar-refractivity contribution in [2.75, 3.05) is 51.5 Å². The maximum atomic E-state index is 12.5. The van der Waals surface area contributed by atoms with Crippen molar-refractivity contribution in [2.24, 2.45) is 5.92 Å². The van der Waals surface area contributed by atoms with E-state index in [0.717, 1.165) is 37.7 Å². The highest BCUT2D eigenvalue weighted by Gasteiger charge is 2.27. The van der Waals surface area contributed by atoms with Crippen LogP contribution in [0.4, 0.5) is 10.9 Å². The molecule has 0 atom stereocenters. The minimum atomic E-state index is 0.00367. The molecule has 0 aliphatic carbocycles. The van der Waals surface area contributed by atoms with E-state index in [-0.39, 0.29) is 5.91 Å². The Kier molecular flexibility index (Phi) is 4.82. The molecule has 112 valence electrons. The van der Waals surface area contributed by atoms with Crippen LogP contribution in [0.5, 0.6) is 0 Å². The number of hydrogen-bond acceptors (Lipinski definition) is 6. The molecule has 2 N–H and O–H groups in total. The van der Waals surface area contributed by atoms with Gasteiger partial charge in [-0.15, -0.1) is 0 Å². The van der Waals surface area contributed by atoms with Gasteiger partial charge in [-0.2, -0.15) is 0 Å². The van der Waals surface area contributed by atoms with Crippen molar-refractivity contribution in [3.05, 3.63) is 4.88 Å². The molecule has 1 saturated heterocycles. The number of amides is 1. The Hall–Kier alpha value is -1.34. The van der Waals surface area contributed by atoms with E-state index >= 15 is 0 Å². The second kappa shape index (κ2) is 6.41. The van der Waals surface area contributed by atoms with Crippen LogP contribution in [0.2, 0.25) is 0 Å². The molecule has 0 aromatic carbocycles. The zero-order valence-corrected chi connectivity index (χ0v) is 13.1. The van der Waals surface area contributed by atoms with Gasteiger partial charge in [0, 0.05) is 40.9 Å². The van der Waals surface area contributed by atoms with Gasteiger partial charge < -0.3 is 20.3 Å². The minimum absolute atomic E-state index is 0.00367. The topological polar surface area (TPSA) is 71.7 Å². The molecule has 0 unspecified atom stereocenters. The standard InChI is InChI=1S/C13H22N4O2S/c1-16(2)13-15-11(14)10(20-13)12(18)17-6-4-9(5-7-17)8-19-3/h9H,4-8,14H2,1-3H3. The number of anilines is 2. The first-order valence-electron chi connectivity index (χ1n) is 6.74. The number of likely N-dealkylation sites (tertiary alicyclic amines) is 1. The van der Waals surface area contributed by atoms with Gasteiger partial charge in [-0.25, -0.2) is 4.98 Å². The molecule has 1 aromatic heterocycles. The van der Waals surface area contributed by atoms with Crippen LogP contribution in [0.1, 0.15) is 22.5 Å². The first-order chi connectivity index (χ1) is 9.52. The lowest BCUT2D eigenvalue weighted by Gasteiger charge is -2.31. The normalized spacial score (nSPS) is 16.4. The Bertz CT molecular complexity index is 467. The summed E-state index contributed by atoms with van der Waals surface area (Å²) in [6.45, 7) is 2.30. The number of thiazole rings is 1. The Labute approximate surface area is 123 Å². The van der Waals surface area contributed by atoms with Gasteiger partial charge in [0.05, 0.1) is 0 Å². The third-order valence-corrected chi connectivity index (χ3v) is 4.75. The summed E-state index contributed by atoms with van der Waals surface area (Å²) in [5, 5.41) is 0.764. The third kappa shape index (κ3) is 3.21. The van der Waals surface area contributed by atoms with Crippen molar-refractivity contribution in [3.63, 3.8) is 0 Å². The number of carbonyl (C=O) groups excluding carboxylic acids is 1. The average Bonchev–Trinajstić information content (AvgIpc) is 2.81. The lowest BCUT2D eigenvalue weighted by molar-refractivity contribution is 0.0618. The summed E-state index contributed by atoms with van der Waals surface area (Å²) >= 11 is 1.35. The summed E-state index contributed by atoms with van der Waals surface area (Å²) in [5.74, 6) is 0.895. The van der Waals surface area contributed by atoms with Gasteiger partial charge in [0.25, 0.3) is 5.91 Å². The van der Waals surface area contributed by atoms with Gasteiger partial charge in [0.2, 0.25) is 0 Å². The van der Waals surface area contributed by atoms with E-state index in [1.54, 1.807) is 7.11 Å². The van der Waals surface area contributed by atoms with Crippen molar-refractivity contribution in [1.82, 2.24) is 9.88 Å². The first-order valence-corrected chi connectivity index (χ1v) is 7.56. The molecule has 2 heterocycles. The number of hydrogen-bond donors (Lipinski definition) is 1. The predicted molar refractivity (Wildman–Crippen MR) is 81.4 cm³/mol. The van der Waals surface area contributed by atoms with Crippen molar-refractivity contribution >= 4 is 28.2 Å². The fourth-order valence-corrected chi connectivity index (χ4v) is 3.22. The van der Waals surface area contributed by atoms with E-state index in [1.165, 1.54) is 11.3 Å². The Morgan fingerprint density at radius 3 is 2.65 bits per heavy atom.